The van der Waals surface area contributed by atoms with Gasteiger partial charge in [0.2, 0.25) is 0 Å². The van der Waals surface area contributed by atoms with Crippen LogP contribution in [0.5, 0.6) is 0 Å². The van der Waals surface area contributed by atoms with Crippen molar-refractivity contribution >= 4 is 11.7 Å². The van der Waals surface area contributed by atoms with Crippen molar-refractivity contribution in [3.63, 3.8) is 0 Å². The summed E-state index contributed by atoms with van der Waals surface area (Å²) in [5.74, 6) is -0.110. The molecule has 1 unspecified atom stereocenters. The largest absolute Gasteiger partial charge is 0.459 e. The van der Waals surface area contributed by atoms with Crippen LogP contribution >= 0.6 is 0 Å². The highest BCUT2D eigenvalue weighted by Crippen LogP contribution is 2.33. The van der Waals surface area contributed by atoms with E-state index < -0.39 is 23.8 Å². The molecule has 3 saturated heterocycles. The molecule has 5 rings (SSSR count). The Morgan fingerprint density at radius 2 is 1.69 bits per heavy atom. The first-order valence-electron chi connectivity index (χ1n) is 9.82. The minimum Gasteiger partial charge on any atom is -0.459 e. The fourth-order valence-corrected chi connectivity index (χ4v) is 4.11. The summed E-state index contributed by atoms with van der Waals surface area (Å²) in [7, 11) is 0. The second-order valence-electron chi connectivity index (χ2n) is 7.68. The Labute approximate surface area is 167 Å². The number of alkyl halides is 3. The van der Waals surface area contributed by atoms with Gasteiger partial charge < -0.3 is 10.1 Å². The number of carbonyl (C=O) groups is 1. The summed E-state index contributed by atoms with van der Waals surface area (Å²) < 4.78 is 44.6. The summed E-state index contributed by atoms with van der Waals surface area (Å²) in [6.07, 6.45) is -2.57. The molecule has 2 aromatic carbocycles. The van der Waals surface area contributed by atoms with Crippen LogP contribution in [0, 0.1) is 5.92 Å². The number of para-hydroxylation sites is 1. The molecule has 4 nitrogen and oxygen atoms in total. The van der Waals surface area contributed by atoms with Gasteiger partial charge in [-0.25, -0.2) is 4.79 Å². The number of halogens is 3. The highest BCUT2D eigenvalue weighted by atomic mass is 19.4. The van der Waals surface area contributed by atoms with Crippen LogP contribution in [0.25, 0.3) is 0 Å². The summed E-state index contributed by atoms with van der Waals surface area (Å²) in [5.41, 5.74) is 0.391. The summed E-state index contributed by atoms with van der Waals surface area (Å²) in [4.78, 5) is 15.3. The standard InChI is InChI=1S/C22H23F3N2O2/c23-22(24,25)17-8-6-16(7-9-17)20(26-18-4-2-1-3-5-18)21(28)29-19-14-27-12-10-15(19)11-13-27/h1-9,15,19-20,26H,10-14H2/t19?,20-/m1/s1. The maximum atomic E-state index is 13.0. The molecule has 154 valence electrons. The topological polar surface area (TPSA) is 41.6 Å². The number of benzene rings is 2. The highest BCUT2D eigenvalue weighted by Gasteiger charge is 2.38. The average Bonchev–Trinajstić information content (AvgIpc) is 2.73. The summed E-state index contributed by atoms with van der Waals surface area (Å²) in [5, 5.41) is 3.12. The van der Waals surface area contributed by atoms with Gasteiger partial charge in [-0.05, 0) is 61.7 Å². The molecule has 0 amide bonds. The van der Waals surface area contributed by atoms with E-state index in [-0.39, 0.29) is 6.10 Å². The van der Waals surface area contributed by atoms with Gasteiger partial charge in [0.25, 0.3) is 0 Å². The number of nitrogens with one attached hydrogen (secondary N) is 1. The number of anilines is 1. The van der Waals surface area contributed by atoms with Gasteiger partial charge in [0, 0.05) is 12.2 Å². The number of fused-ring (bicyclic) bond motifs is 3. The summed E-state index contributed by atoms with van der Waals surface area (Å²) >= 11 is 0. The van der Waals surface area contributed by atoms with Crippen molar-refractivity contribution in [3.8, 4) is 0 Å². The van der Waals surface area contributed by atoms with Crippen molar-refractivity contribution in [2.75, 3.05) is 25.0 Å². The van der Waals surface area contributed by atoms with E-state index in [1.807, 2.05) is 18.2 Å². The molecule has 7 heteroatoms. The van der Waals surface area contributed by atoms with E-state index in [0.717, 1.165) is 44.6 Å². The van der Waals surface area contributed by atoms with E-state index in [1.54, 1.807) is 12.1 Å². The van der Waals surface area contributed by atoms with E-state index in [0.29, 0.717) is 17.2 Å². The van der Waals surface area contributed by atoms with Crippen LogP contribution < -0.4 is 5.32 Å². The smallest absolute Gasteiger partial charge is 0.416 e. The first-order valence-corrected chi connectivity index (χ1v) is 9.82. The molecule has 1 N–H and O–H groups in total. The Bertz CT molecular complexity index is 831. The third-order valence-corrected chi connectivity index (χ3v) is 5.76. The zero-order valence-electron chi connectivity index (χ0n) is 15.9. The van der Waals surface area contributed by atoms with Gasteiger partial charge in [0.15, 0.2) is 6.04 Å². The fourth-order valence-electron chi connectivity index (χ4n) is 4.11. The van der Waals surface area contributed by atoms with Crippen LogP contribution in [0.2, 0.25) is 0 Å². The first-order chi connectivity index (χ1) is 13.9. The van der Waals surface area contributed by atoms with Crippen molar-refractivity contribution in [1.82, 2.24) is 4.90 Å². The quantitative estimate of drug-likeness (QED) is 0.746. The molecule has 2 bridgehead atoms. The summed E-state index contributed by atoms with van der Waals surface area (Å²) in [6.45, 7) is 2.79. The van der Waals surface area contributed by atoms with Gasteiger partial charge in [-0.1, -0.05) is 30.3 Å². The lowest BCUT2D eigenvalue weighted by Crippen LogP contribution is -2.52. The second kappa shape index (κ2) is 8.06. The second-order valence-corrected chi connectivity index (χ2v) is 7.68. The molecule has 0 radical (unpaired) electrons. The Morgan fingerprint density at radius 3 is 2.24 bits per heavy atom. The lowest BCUT2D eigenvalue weighted by molar-refractivity contribution is -0.159. The SMILES string of the molecule is O=C(OC1CN2CCC1CC2)[C@H](Nc1ccccc1)c1ccc(C(F)(F)F)cc1. The molecule has 3 aliphatic heterocycles. The number of hydrogen-bond acceptors (Lipinski definition) is 4. The van der Waals surface area contributed by atoms with Crippen molar-refractivity contribution in [2.24, 2.45) is 5.92 Å². The van der Waals surface area contributed by atoms with Gasteiger partial charge in [0.05, 0.1) is 5.56 Å². The molecule has 0 saturated carbocycles. The third kappa shape index (κ3) is 4.56. The molecule has 0 aromatic heterocycles. The lowest BCUT2D eigenvalue weighted by Gasteiger charge is -2.44. The maximum absolute atomic E-state index is 13.0. The number of nitrogens with zero attached hydrogens (tertiary/aromatic N) is 1. The Morgan fingerprint density at radius 1 is 1.03 bits per heavy atom. The molecule has 3 aliphatic rings. The van der Waals surface area contributed by atoms with E-state index >= 15 is 0 Å². The molecule has 2 aromatic rings. The van der Waals surface area contributed by atoms with Crippen LogP contribution in [0.4, 0.5) is 18.9 Å². The number of carbonyl (C=O) groups excluding carboxylic acids is 1. The van der Waals surface area contributed by atoms with Gasteiger partial charge >= 0.3 is 12.1 Å². The Balaban J connectivity index is 1.55. The molecular formula is C22H23F3N2O2. The zero-order valence-corrected chi connectivity index (χ0v) is 15.9. The van der Waals surface area contributed by atoms with Crippen molar-refractivity contribution < 1.29 is 22.7 Å². The number of rotatable bonds is 5. The maximum Gasteiger partial charge on any atom is 0.416 e. The first kappa shape index (κ1) is 19.8. The van der Waals surface area contributed by atoms with E-state index in [1.165, 1.54) is 12.1 Å². The zero-order chi connectivity index (χ0) is 20.4. The lowest BCUT2D eigenvalue weighted by atomic mass is 9.86. The average molecular weight is 404 g/mol. The molecule has 0 spiro atoms. The summed E-state index contributed by atoms with van der Waals surface area (Å²) in [6, 6.07) is 12.9. The highest BCUT2D eigenvalue weighted by molar-refractivity contribution is 5.81. The molecule has 0 aliphatic carbocycles. The molecule has 3 fully saturated rings. The molecular weight excluding hydrogens is 381 g/mol. The van der Waals surface area contributed by atoms with Gasteiger partial charge in [0.1, 0.15) is 6.10 Å². The van der Waals surface area contributed by atoms with Crippen LogP contribution in [0.15, 0.2) is 54.6 Å². The number of hydrogen-bond donors (Lipinski definition) is 1. The van der Waals surface area contributed by atoms with Crippen molar-refractivity contribution in [3.05, 3.63) is 65.7 Å². The Kier molecular flexibility index (Phi) is 5.50. The predicted octanol–water partition coefficient (Wildman–Crippen LogP) is 4.50. The third-order valence-electron chi connectivity index (χ3n) is 5.76. The van der Waals surface area contributed by atoms with E-state index in [2.05, 4.69) is 10.2 Å². The molecule has 3 heterocycles. The fraction of sp³-hybridized carbons (Fsp3) is 0.409. The van der Waals surface area contributed by atoms with Crippen LogP contribution in [0.1, 0.15) is 30.0 Å². The van der Waals surface area contributed by atoms with Gasteiger partial charge in [-0.15, -0.1) is 0 Å². The van der Waals surface area contributed by atoms with Gasteiger partial charge in [-0.2, -0.15) is 13.2 Å². The molecule has 29 heavy (non-hydrogen) atoms. The van der Waals surface area contributed by atoms with E-state index in [4.69, 9.17) is 4.74 Å². The minimum absolute atomic E-state index is 0.167. The Hall–Kier alpha value is -2.54. The van der Waals surface area contributed by atoms with E-state index in [9.17, 15) is 18.0 Å². The van der Waals surface area contributed by atoms with Crippen molar-refractivity contribution in [1.29, 1.82) is 0 Å². The number of esters is 1. The van der Waals surface area contributed by atoms with Gasteiger partial charge in [-0.3, -0.25) is 4.90 Å². The van der Waals surface area contributed by atoms with Crippen molar-refractivity contribution in [2.45, 2.75) is 31.2 Å². The number of piperidine rings is 3. The normalized spacial score (nSPS) is 24.7. The predicted molar refractivity (Wildman–Crippen MR) is 103 cm³/mol. The number of ether oxygens (including phenoxy) is 1. The van der Waals surface area contributed by atoms with Crippen LogP contribution in [-0.2, 0) is 15.7 Å². The van der Waals surface area contributed by atoms with Crippen LogP contribution in [0.3, 0.4) is 0 Å². The molecule has 2 atom stereocenters. The minimum atomic E-state index is -4.42. The van der Waals surface area contributed by atoms with Crippen LogP contribution in [-0.4, -0.2) is 36.6 Å². The monoisotopic (exact) mass is 404 g/mol.